The number of unbranched alkanes of at least 4 members (excludes halogenated alkanes) is 1. The minimum atomic E-state index is -0.668. The second kappa shape index (κ2) is 9.11. The molecule has 1 saturated carbocycles. The predicted octanol–water partition coefficient (Wildman–Crippen LogP) is 1.61. The van der Waals surface area contributed by atoms with E-state index in [1.807, 2.05) is 18.7 Å². The fourth-order valence-electron chi connectivity index (χ4n) is 3.87. The molecule has 0 bridgehead atoms. The van der Waals surface area contributed by atoms with Crippen molar-refractivity contribution in [3.05, 3.63) is 0 Å². The molecule has 1 spiro atoms. The first-order chi connectivity index (χ1) is 13.4. The smallest absolute Gasteiger partial charge is 0.317 e. The summed E-state index contributed by atoms with van der Waals surface area (Å²) in [5.41, 5.74) is -0.251. The highest BCUT2D eigenvalue weighted by Crippen LogP contribution is 2.35. The number of amides is 3. The molecule has 0 aromatic rings. The van der Waals surface area contributed by atoms with Crippen LogP contribution in [0.4, 0.5) is 4.79 Å². The summed E-state index contributed by atoms with van der Waals surface area (Å²) in [5, 5.41) is 13.7. The van der Waals surface area contributed by atoms with Crippen LogP contribution in [0.3, 0.4) is 0 Å². The van der Waals surface area contributed by atoms with Crippen molar-refractivity contribution in [2.45, 2.75) is 77.0 Å². The fraction of sp³-hybridized carbons (Fsp3) is 0.850. The molecule has 2 atom stereocenters. The van der Waals surface area contributed by atoms with Gasteiger partial charge in [0.1, 0.15) is 5.71 Å². The molecule has 1 saturated heterocycles. The van der Waals surface area contributed by atoms with Gasteiger partial charge in [0.15, 0.2) is 5.60 Å². The molecule has 0 aromatic heterocycles. The zero-order valence-corrected chi connectivity index (χ0v) is 17.4. The van der Waals surface area contributed by atoms with Crippen LogP contribution in [0.2, 0.25) is 0 Å². The van der Waals surface area contributed by atoms with Gasteiger partial charge in [-0.3, -0.25) is 4.79 Å². The van der Waals surface area contributed by atoms with Crippen molar-refractivity contribution in [2.75, 3.05) is 26.2 Å². The summed E-state index contributed by atoms with van der Waals surface area (Å²) < 4.78 is 0. The molecular weight excluding hydrogens is 358 g/mol. The number of hydrogen-bond acceptors (Lipinski definition) is 5. The molecule has 158 valence electrons. The van der Waals surface area contributed by atoms with Gasteiger partial charge in [0, 0.05) is 25.6 Å². The van der Waals surface area contributed by atoms with Crippen LogP contribution in [0.1, 0.15) is 59.3 Å². The predicted molar refractivity (Wildman–Crippen MR) is 108 cm³/mol. The van der Waals surface area contributed by atoms with E-state index in [0.717, 1.165) is 31.7 Å². The molecule has 2 aliphatic heterocycles. The molecule has 3 N–H and O–H groups in total. The number of rotatable bonds is 8. The molecule has 2 fully saturated rings. The summed E-state index contributed by atoms with van der Waals surface area (Å²) in [6.07, 6.45) is 5.78. The third-order valence-corrected chi connectivity index (χ3v) is 5.71. The number of carbonyl (C=O) groups excluding carboxylic acids is 2. The van der Waals surface area contributed by atoms with Gasteiger partial charge in [0.05, 0.1) is 12.6 Å². The monoisotopic (exact) mass is 393 g/mol. The minimum absolute atomic E-state index is 0.0442. The maximum Gasteiger partial charge on any atom is 0.317 e. The highest BCUT2D eigenvalue weighted by atomic mass is 16.7. The molecule has 0 radical (unpaired) electrons. The average Bonchev–Trinajstić information content (AvgIpc) is 3.39. The average molecular weight is 394 g/mol. The summed E-state index contributed by atoms with van der Waals surface area (Å²) >= 11 is 0. The van der Waals surface area contributed by atoms with E-state index in [9.17, 15) is 9.59 Å². The molecule has 3 rings (SSSR count). The van der Waals surface area contributed by atoms with Gasteiger partial charge in [-0.05, 0) is 52.0 Å². The number of nitrogens with zero attached hydrogens (tertiary/aromatic N) is 2. The van der Waals surface area contributed by atoms with Crippen LogP contribution in [0.25, 0.3) is 0 Å². The SMILES string of the molecule is CCCCNC(=O)N1CC[C@@H](NCC2CC2)[C@@]2(CC(C(=O)NC(C)C)=NO2)C1. The Morgan fingerprint density at radius 2 is 2.11 bits per heavy atom. The Hall–Kier alpha value is -1.83. The first kappa shape index (κ1) is 20.9. The van der Waals surface area contributed by atoms with Gasteiger partial charge in [-0.2, -0.15) is 0 Å². The van der Waals surface area contributed by atoms with Crippen LogP contribution in [0.15, 0.2) is 5.16 Å². The standard InChI is InChI=1S/C20H35N5O3/c1-4-5-9-21-19(27)25-10-8-17(22-12-15-6-7-15)20(13-25)11-16(24-28-20)18(26)23-14(2)3/h14-15,17,22H,4-13H2,1-3H3,(H,21,27)(H,23,26)/t17-,20-/m1/s1. The van der Waals surface area contributed by atoms with Crippen LogP contribution in [0, 0.1) is 5.92 Å². The van der Waals surface area contributed by atoms with Crippen molar-refractivity contribution in [2.24, 2.45) is 11.1 Å². The van der Waals surface area contributed by atoms with E-state index in [1.54, 1.807) is 0 Å². The number of urea groups is 1. The fourth-order valence-corrected chi connectivity index (χ4v) is 3.87. The number of hydrogen-bond donors (Lipinski definition) is 3. The Bertz CT molecular complexity index is 605. The van der Waals surface area contributed by atoms with Crippen molar-refractivity contribution in [3.8, 4) is 0 Å². The first-order valence-corrected chi connectivity index (χ1v) is 10.8. The van der Waals surface area contributed by atoms with Crippen LogP contribution in [0.5, 0.6) is 0 Å². The van der Waals surface area contributed by atoms with Crippen molar-refractivity contribution in [1.82, 2.24) is 20.9 Å². The first-order valence-electron chi connectivity index (χ1n) is 10.8. The van der Waals surface area contributed by atoms with Gasteiger partial charge in [-0.1, -0.05) is 18.5 Å². The van der Waals surface area contributed by atoms with Crippen LogP contribution >= 0.6 is 0 Å². The lowest BCUT2D eigenvalue weighted by Crippen LogP contribution is -2.64. The Kier molecular flexibility index (Phi) is 6.80. The van der Waals surface area contributed by atoms with Gasteiger partial charge >= 0.3 is 6.03 Å². The summed E-state index contributed by atoms with van der Waals surface area (Å²) in [6.45, 7) is 8.72. The summed E-state index contributed by atoms with van der Waals surface area (Å²) in [4.78, 5) is 32.7. The Morgan fingerprint density at radius 1 is 1.32 bits per heavy atom. The third kappa shape index (κ3) is 5.16. The van der Waals surface area contributed by atoms with Gasteiger partial charge < -0.3 is 25.7 Å². The lowest BCUT2D eigenvalue weighted by Gasteiger charge is -2.44. The molecule has 8 heteroatoms. The highest BCUT2D eigenvalue weighted by molar-refractivity contribution is 6.39. The molecular formula is C20H35N5O3. The van der Waals surface area contributed by atoms with Crippen LogP contribution < -0.4 is 16.0 Å². The second-order valence-electron chi connectivity index (χ2n) is 8.70. The summed E-state index contributed by atoms with van der Waals surface area (Å²) in [7, 11) is 0. The number of oxime groups is 1. The normalized spacial score (nSPS) is 26.9. The second-order valence-corrected chi connectivity index (χ2v) is 8.70. The van der Waals surface area contributed by atoms with E-state index in [4.69, 9.17) is 4.84 Å². The zero-order valence-electron chi connectivity index (χ0n) is 17.4. The van der Waals surface area contributed by atoms with Crippen LogP contribution in [-0.4, -0.2) is 66.4 Å². The number of likely N-dealkylation sites (tertiary alicyclic amines) is 1. The summed E-state index contributed by atoms with van der Waals surface area (Å²) in [5.74, 6) is 0.566. The number of nitrogens with one attached hydrogen (secondary N) is 3. The maximum atomic E-state index is 12.6. The van der Waals surface area contributed by atoms with Crippen molar-refractivity contribution < 1.29 is 14.4 Å². The largest absolute Gasteiger partial charge is 0.385 e. The van der Waals surface area contributed by atoms with Crippen molar-refractivity contribution in [3.63, 3.8) is 0 Å². The van der Waals surface area contributed by atoms with E-state index in [-0.39, 0.29) is 24.0 Å². The summed E-state index contributed by atoms with van der Waals surface area (Å²) in [6, 6.07) is 0.0702. The van der Waals surface area contributed by atoms with E-state index >= 15 is 0 Å². The quantitative estimate of drug-likeness (QED) is 0.546. The minimum Gasteiger partial charge on any atom is -0.385 e. The van der Waals surface area contributed by atoms with Crippen molar-refractivity contribution in [1.29, 1.82) is 0 Å². The zero-order chi connectivity index (χ0) is 20.1. The number of carbonyl (C=O) groups is 2. The third-order valence-electron chi connectivity index (χ3n) is 5.71. The van der Waals surface area contributed by atoms with E-state index in [2.05, 4.69) is 28.0 Å². The highest BCUT2D eigenvalue weighted by Gasteiger charge is 2.52. The molecule has 0 unspecified atom stereocenters. The van der Waals surface area contributed by atoms with Crippen molar-refractivity contribution >= 4 is 17.6 Å². The molecule has 1 aliphatic carbocycles. The Morgan fingerprint density at radius 3 is 2.79 bits per heavy atom. The lowest BCUT2D eigenvalue weighted by molar-refractivity contribution is -0.115. The topological polar surface area (TPSA) is 95.1 Å². The Labute approximate surface area is 167 Å². The molecule has 3 aliphatic rings. The van der Waals surface area contributed by atoms with Gasteiger partial charge in [0.25, 0.3) is 5.91 Å². The van der Waals surface area contributed by atoms with Crippen LogP contribution in [-0.2, 0) is 9.63 Å². The molecule has 2 heterocycles. The van der Waals surface area contributed by atoms with E-state index in [0.29, 0.717) is 31.8 Å². The molecule has 28 heavy (non-hydrogen) atoms. The maximum absolute atomic E-state index is 12.6. The molecule has 3 amide bonds. The van der Waals surface area contributed by atoms with E-state index < -0.39 is 5.60 Å². The van der Waals surface area contributed by atoms with Gasteiger partial charge in [-0.15, -0.1) is 0 Å². The molecule has 8 nitrogen and oxygen atoms in total. The van der Waals surface area contributed by atoms with Gasteiger partial charge in [0.2, 0.25) is 0 Å². The number of piperidine rings is 1. The van der Waals surface area contributed by atoms with E-state index in [1.165, 1.54) is 12.8 Å². The lowest BCUT2D eigenvalue weighted by atomic mass is 9.83. The molecule has 0 aromatic carbocycles. The van der Waals surface area contributed by atoms with Gasteiger partial charge in [-0.25, -0.2) is 4.79 Å². The Balaban J connectivity index is 1.65.